The molecule has 4 heterocycles. The predicted octanol–water partition coefficient (Wildman–Crippen LogP) is 3.12. The highest BCUT2D eigenvalue weighted by molar-refractivity contribution is 7.22. The number of benzene rings is 1. The first-order valence-corrected chi connectivity index (χ1v) is 13.3. The van der Waals surface area contributed by atoms with E-state index < -0.39 is 18.2 Å². The molecule has 3 amide bonds. The fraction of sp³-hybridized carbons (Fsp3) is 0.480. The number of methoxy groups -OCH3 is 1. The summed E-state index contributed by atoms with van der Waals surface area (Å²) in [6, 6.07) is 8.04. The van der Waals surface area contributed by atoms with E-state index in [0.717, 1.165) is 23.3 Å². The normalized spacial score (nSPS) is 19.8. The Balaban J connectivity index is 0.000000360. The zero-order valence-corrected chi connectivity index (χ0v) is 22.3. The second-order valence-corrected chi connectivity index (χ2v) is 10.1. The lowest BCUT2D eigenvalue weighted by atomic mass is 10.0. The molecule has 2 fully saturated rings. The van der Waals surface area contributed by atoms with Gasteiger partial charge < -0.3 is 25.2 Å². The molecule has 2 atom stereocenters. The molecule has 0 radical (unpaired) electrons. The maximum absolute atomic E-state index is 14.7. The molecular formula is C25H33FN8O3S. The Morgan fingerprint density at radius 1 is 1.24 bits per heavy atom. The van der Waals surface area contributed by atoms with Gasteiger partial charge in [0.15, 0.2) is 5.13 Å². The average molecular weight is 545 g/mol. The van der Waals surface area contributed by atoms with Crippen LogP contribution in [-0.4, -0.2) is 90.9 Å². The van der Waals surface area contributed by atoms with E-state index in [1.807, 2.05) is 24.3 Å². The Morgan fingerprint density at radius 2 is 2.03 bits per heavy atom. The molecule has 0 bridgehead atoms. The number of para-hydroxylation sites is 1. The van der Waals surface area contributed by atoms with Gasteiger partial charge in [0.05, 0.1) is 22.4 Å². The van der Waals surface area contributed by atoms with Crippen molar-refractivity contribution >= 4 is 50.9 Å². The number of piperidine rings is 2. The van der Waals surface area contributed by atoms with Crippen LogP contribution in [0.15, 0.2) is 36.5 Å². The molecule has 5 rings (SSSR count). The van der Waals surface area contributed by atoms with E-state index in [1.54, 1.807) is 25.1 Å². The van der Waals surface area contributed by atoms with Crippen LogP contribution in [0.2, 0.25) is 0 Å². The van der Waals surface area contributed by atoms with Crippen LogP contribution in [0, 0.1) is 0 Å². The SMILES string of the molecule is CN(C(=O)Nc1nc2ccccc2s1)C1CN(c2nccc(NC=O)n2)CCC1F.COC1CCNCC1. The third kappa shape index (κ3) is 7.11. The number of aromatic nitrogens is 3. The second-order valence-electron chi connectivity index (χ2n) is 9.03. The lowest BCUT2D eigenvalue weighted by Crippen LogP contribution is -2.55. The lowest BCUT2D eigenvalue weighted by molar-refractivity contribution is -0.105. The summed E-state index contributed by atoms with van der Waals surface area (Å²) in [5, 5.41) is 8.97. The number of nitrogens with zero attached hydrogens (tertiary/aromatic N) is 5. The van der Waals surface area contributed by atoms with Gasteiger partial charge in [-0.25, -0.2) is 19.2 Å². The molecule has 204 valence electrons. The number of likely N-dealkylation sites (N-methyl/N-ethyl adjacent to an activating group) is 1. The van der Waals surface area contributed by atoms with E-state index in [9.17, 15) is 14.0 Å². The Kier molecular flexibility index (Phi) is 9.73. The lowest BCUT2D eigenvalue weighted by Gasteiger charge is -2.39. The van der Waals surface area contributed by atoms with E-state index in [4.69, 9.17) is 4.74 Å². The first-order valence-electron chi connectivity index (χ1n) is 12.5. The van der Waals surface area contributed by atoms with Crippen LogP contribution in [0.5, 0.6) is 0 Å². The van der Waals surface area contributed by atoms with Gasteiger partial charge in [-0.2, -0.15) is 4.98 Å². The first kappa shape index (κ1) is 27.6. The van der Waals surface area contributed by atoms with Crippen molar-refractivity contribution in [2.75, 3.05) is 55.9 Å². The van der Waals surface area contributed by atoms with Crippen LogP contribution < -0.4 is 20.9 Å². The van der Waals surface area contributed by atoms with E-state index in [-0.39, 0.29) is 13.0 Å². The van der Waals surface area contributed by atoms with E-state index >= 15 is 0 Å². The molecule has 3 N–H and O–H groups in total. The summed E-state index contributed by atoms with van der Waals surface area (Å²) in [4.78, 5) is 39.4. The fourth-order valence-electron chi connectivity index (χ4n) is 4.38. The number of ether oxygens (including phenoxy) is 1. The summed E-state index contributed by atoms with van der Waals surface area (Å²) in [5.74, 6) is 0.731. The van der Waals surface area contributed by atoms with Crippen molar-refractivity contribution in [2.45, 2.75) is 37.6 Å². The Bertz CT molecular complexity index is 1180. The van der Waals surface area contributed by atoms with Crippen LogP contribution in [0.25, 0.3) is 10.2 Å². The number of rotatable bonds is 6. The molecule has 2 aromatic heterocycles. The highest BCUT2D eigenvalue weighted by Crippen LogP contribution is 2.27. The quantitative estimate of drug-likeness (QED) is 0.405. The summed E-state index contributed by atoms with van der Waals surface area (Å²) in [6.45, 7) is 2.89. The number of carbonyl (C=O) groups excluding carboxylic acids is 2. The van der Waals surface area contributed by atoms with E-state index in [1.165, 1.54) is 35.3 Å². The third-order valence-corrected chi connectivity index (χ3v) is 7.53. The minimum absolute atomic E-state index is 0.232. The number of hydrogen-bond donors (Lipinski definition) is 3. The van der Waals surface area contributed by atoms with Crippen LogP contribution in [0.3, 0.4) is 0 Å². The summed E-state index contributed by atoms with van der Waals surface area (Å²) in [5.41, 5.74) is 0.800. The predicted molar refractivity (Wildman–Crippen MR) is 147 cm³/mol. The smallest absolute Gasteiger partial charge is 0.323 e. The van der Waals surface area contributed by atoms with Crippen LogP contribution in [0.1, 0.15) is 19.3 Å². The number of nitrogens with one attached hydrogen (secondary N) is 3. The number of fused-ring (bicyclic) bond motifs is 1. The zero-order chi connectivity index (χ0) is 26.9. The van der Waals surface area contributed by atoms with Crippen molar-refractivity contribution in [3.05, 3.63) is 36.5 Å². The highest BCUT2D eigenvalue weighted by Gasteiger charge is 2.35. The van der Waals surface area contributed by atoms with Gasteiger partial charge in [0.1, 0.15) is 12.0 Å². The van der Waals surface area contributed by atoms with E-state index in [0.29, 0.717) is 36.0 Å². The summed E-state index contributed by atoms with van der Waals surface area (Å²) >= 11 is 1.36. The number of urea groups is 1. The number of amides is 3. The Morgan fingerprint density at radius 3 is 2.74 bits per heavy atom. The molecule has 2 aliphatic heterocycles. The molecule has 13 heteroatoms. The molecule has 2 unspecified atom stereocenters. The number of anilines is 3. The molecule has 2 saturated heterocycles. The van der Waals surface area contributed by atoms with Crippen molar-refractivity contribution < 1.29 is 18.7 Å². The van der Waals surface area contributed by atoms with Crippen LogP contribution >= 0.6 is 11.3 Å². The van der Waals surface area contributed by atoms with Crippen LogP contribution in [0.4, 0.5) is 26.1 Å². The van der Waals surface area contributed by atoms with Crippen molar-refractivity contribution in [2.24, 2.45) is 0 Å². The molecule has 0 aliphatic carbocycles. The second kappa shape index (κ2) is 13.4. The number of halogens is 1. The molecule has 1 aromatic carbocycles. The maximum Gasteiger partial charge on any atom is 0.323 e. The van der Waals surface area contributed by atoms with Gasteiger partial charge in [0, 0.05) is 33.4 Å². The third-order valence-electron chi connectivity index (χ3n) is 6.58. The Hall–Kier alpha value is -3.42. The highest BCUT2D eigenvalue weighted by atomic mass is 32.1. The summed E-state index contributed by atoms with van der Waals surface area (Å²) in [6.07, 6.45) is 3.99. The van der Waals surface area contributed by atoms with Gasteiger partial charge in [-0.05, 0) is 50.6 Å². The summed E-state index contributed by atoms with van der Waals surface area (Å²) in [7, 11) is 3.35. The molecule has 2 aliphatic rings. The number of alkyl halides is 1. The Labute approximate surface area is 224 Å². The first-order chi connectivity index (χ1) is 18.5. The summed E-state index contributed by atoms with van der Waals surface area (Å²) < 4.78 is 20.8. The average Bonchev–Trinajstić information content (AvgIpc) is 3.36. The number of thiazole rings is 1. The van der Waals surface area contributed by atoms with Crippen molar-refractivity contribution in [3.63, 3.8) is 0 Å². The van der Waals surface area contributed by atoms with Gasteiger partial charge in [-0.1, -0.05) is 23.5 Å². The number of carbonyl (C=O) groups is 2. The van der Waals surface area contributed by atoms with Crippen molar-refractivity contribution in [1.29, 1.82) is 0 Å². The largest absolute Gasteiger partial charge is 0.381 e. The topological polar surface area (TPSA) is 125 Å². The molecular weight excluding hydrogens is 511 g/mol. The van der Waals surface area contributed by atoms with Gasteiger partial charge in [-0.15, -0.1) is 0 Å². The molecule has 3 aromatic rings. The molecule has 0 saturated carbocycles. The monoisotopic (exact) mass is 544 g/mol. The minimum Gasteiger partial charge on any atom is -0.381 e. The fourth-order valence-corrected chi connectivity index (χ4v) is 5.23. The molecule has 11 nitrogen and oxygen atoms in total. The van der Waals surface area contributed by atoms with Gasteiger partial charge in [0.25, 0.3) is 0 Å². The van der Waals surface area contributed by atoms with Crippen LogP contribution in [-0.2, 0) is 9.53 Å². The number of hydrogen-bond acceptors (Lipinski definition) is 9. The van der Waals surface area contributed by atoms with Crippen molar-refractivity contribution in [1.82, 2.24) is 25.2 Å². The molecule has 0 spiro atoms. The molecule has 38 heavy (non-hydrogen) atoms. The van der Waals surface area contributed by atoms with E-state index in [2.05, 4.69) is 30.9 Å². The van der Waals surface area contributed by atoms with Gasteiger partial charge in [0.2, 0.25) is 12.4 Å². The van der Waals surface area contributed by atoms with Gasteiger partial charge >= 0.3 is 6.03 Å². The minimum atomic E-state index is -1.18. The zero-order valence-electron chi connectivity index (χ0n) is 21.5. The van der Waals surface area contributed by atoms with Crippen molar-refractivity contribution in [3.8, 4) is 0 Å². The maximum atomic E-state index is 14.7. The van der Waals surface area contributed by atoms with Gasteiger partial charge in [-0.3, -0.25) is 10.1 Å². The standard InChI is InChI=1S/C19H20FN7O2S.C6H13NO/c1-26(19(29)25-18-23-13-4-2-3-5-15(13)30-18)14-10-27(9-7-12(14)20)17-21-8-6-16(24-17)22-11-28;1-8-6-2-4-7-5-3-6/h2-6,8,11-12,14H,7,9-10H2,1H3,(H,23,25,29)(H,21,22,24,28);6-7H,2-5H2,1H3.